The fourth-order valence-electron chi connectivity index (χ4n) is 3.84. The predicted molar refractivity (Wildman–Crippen MR) is 111 cm³/mol. The Bertz CT molecular complexity index is 651. The second-order valence-corrected chi connectivity index (χ2v) is 7.36. The lowest BCUT2D eigenvalue weighted by molar-refractivity contribution is -0.119. The van der Waals surface area contributed by atoms with Crippen LogP contribution in [0.15, 0.2) is 35.3 Å². The monoisotopic (exact) mass is 387 g/mol. The fourth-order valence-corrected chi connectivity index (χ4v) is 3.84. The number of hydrogen-bond acceptors (Lipinski definition) is 4. The lowest BCUT2D eigenvalue weighted by Gasteiger charge is -2.36. The number of fused-ring (bicyclic) bond motifs is 1. The van der Waals surface area contributed by atoms with Gasteiger partial charge in [0.05, 0.1) is 18.8 Å². The van der Waals surface area contributed by atoms with Gasteiger partial charge in [0, 0.05) is 39.3 Å². The zero-order chi connectivity index (χ0) is 19.8. The molecule has 0 aliphatic carbocycles. The molecule has 2 unspecified atom stereocenters. The molecule has 7 nitrogen and oxygen atoms in total. The molecule has 2 saturated heterocycles. The summed E-state index contributed by atoms with van der Waals surface area (Å²) in [5, 5.41) is 6.21. The number of ether oxygens (including phenoxy) is 1. The molecule has 2 N–H and O–H groups in total. The highest BCUT2D eigenvalue weighted by Crippen LogP contribution is 2.24. The Balaban J connectivity index is 1.63. The summed E-state index contributed by atoms with van der Waals surface area (Å²) in [6.07, 6.45) is 1.11. The molecule has 2 fully saturated rings. The average Bonchev–Trinajstić information content (AvgIpc) is 3.15. The predicted octanol–water partition coefficient (Wildman–Crippen LogP) is 1.06. The Morgan fingerprint density at radius 3 is 2.79 bits per heavy atom. The van der Waals surface area contributed by atoms with Crippen molar-refractivity contribution in [2.75, 3.05) is 45.9 Å². The van der Waals surface area contributed by atoms with E-state index in [0.29, 0.717) is 12.6 Å². The SMILES string of the molecule is CCCNC(=O)CN=C(NCC)N1CC2OCCN(Cc3ccccc3)C2C1. The van der Waals surface area contributed by atoms with Crippen molar-refractivity contribution >= 4 is 11.9 Å². The molecular weight excluding hydrogens is 354 g/mol. The Morgan fingerprint density at radius 2 is 2.04 bits per heavy atom. The molecule has 1 aromatic rings. The number of likely N-dealkylation sites (tertiary alicyclic amines) is 1. The van der Waals surface area contributed by atoms with E-state index in [1.807, 2.05) is 13.8 Å². The van der Waals surface area contributed by atoms with Crippen LogP contribution in [0.5, 0.6) is 0 Å². The standard InChI is InChI=1S/C21H33N5O2/c1-3-10-23-20(27)13-24-21(22-4-2)26-15-18-19(16-26)28-12-11-25(18)14-17-8-6-5-7-9-17/h5-9,18-19H,3-4,10-16H2,1-2H3,(H,22,24)(H,23,27). The minimum Gasteiger partial charge on any atom is -0.373 e. The molecule has 2 aliphatic rings. The molecule has 0 radical (unpaired) electrons. The molecule has 0 spiro atoms. The summed E-state index contributed by atoms with van der Waals surface area (Å²) in [5.74, 6) is 0.766. The molecule has 0 bridgehead atoms. The molecule has 2 atom stereocenters. The summed E-state index contributed by atoms with van der Waals surface area (Å²) >= 11 is 0. The van der Waals surface area contributed by atoms with Gasteiger partial charge in [0.1, 0.15) is 6.54 Å². The van der Waals surface area contributed by atoms with E-state index in [1.165, 1.54) is 5.56 Å². The second kappa shape index (κ2) is 10.4. The summed E-state index contributed by atoms with van der Waals surface area (Å²) < 4.78 is 6.06. The molecule has 0 saturated carbocycles. The van der Waals surface area contributed by atoms with Crippen LogP contribution in [0.2, 0.25) is 0 Å². The van der Waals surface area contributed by atoms with Crippen molar-refractivity contribution in [1.82, 2.24) is 20.4 Å². The zero-order valence-electron chi connectivity index (χ0n) is 17.1. The van der Waals surface area contributed by atoms with Crippen LogP contribution in [0.4, 0.5) is 0 Å². The number of benzene rings is 1. The Morgan fingerprint density at radius 1 is 1.21 bits per heavy atom. The Labute approximate surface area is 168 Å². The van der Waals surface area contributed by atoms with Gasteiger partial charge in [-0.05, 0) is 18.9 Å². The van der Waals surface area contributed by atoms with E-state index in [4.69, 9.17) is 4.74 Å². The van der Waals surface area contributed by atoms with Gasteiger partial charge in [-0.2, -0.15) is 0 Å². The number of carbonyl (C=O) groups excluding carboxylic acids is 1. The van der Waals surface area contributed by atoms with Crippen LogP contribution in [0.3, 0.4) is 0 Å². The Kier molecular flexibility index (Phi) is 7.68. The number of aliphatic imine (C=N–C) groups is 1. The van der Waals surface area contributed by atoms with Gasteiger partial charge in [-0.15, -0.1) is 0 Å². The molecule has 7 heteroatoms. The van der Waals surface area contributed by atoms with E-state index in [9.17, 15) is 4.79 Å². The van der Waals surface area contributed by atoms with Gasteiger partial charge in [-0.1, -0.05) is 37.3 Å². The van der Waals surface area contributed by atoms with Crippen molar-refractivity contribution in [3.63, 3.8) is 0 Å². The minimum atomic E-state index is -0.0316. The van der Waals surface area contributed by atoms with E-state index in [2.05, 4.69) is 55.8 Å². The highest BCUT2D eigenvalue weighted by molar-refractivity contribution is 5.85. The van der Waals surface area contributed by atoms with Crippen LogP contribution in [0, 0.1) is 0 Å². The van der Waals surface area contributed by atoms with Gasteiger partial charge in [-0.3, -0.25) is 9.69 Å². The van der Waals surface area contributed by atoms with Crippen molar-refractivity contribution in [3.05, 3.63) is 35.9 Å². The van der Waals surface area contributed by atoms with E-state index in [0.717, 1.165) is 51.7 Å². The molecule has 28 heavy (non-hydrogen) atoms. The number of hydrogen-bond donors (Lipinski definition) is 2. The van der Waals surface area contributed by atoms with Gasteiger partial charge in [0.15, 0.2) is 5.96 Å². The average molecular weight is 388 g/mol. The summed E-state index contributed by atoms with van der Waals surface area (Å²) in [4.78, 5) is 21.2. The van der Waals surface area contributed by atoms with Gasteiger partial charge in [-0.25, -0.2) is 4.99 Å². The lowest BCUT2D eigenvalue weighted by Crippen LogP contribution is -2.50. The third kappa shape index (κ3) is 5.45. The third-order valence-electron chi connectivity index (χ3n) is 5.22. The van der Waals surface area contributed by atoms with E-state index in [-0.39, 0.29) is 18.6 Å². The van der Waals surface area contributed by atoms with Gasteiger partial charge in [0.2, 0.25) is 5.91 Å². The number of guanidine groups is 1. The first-order valence-electron chi connectivity index (χ1n) is 10.4. The van der Waals surface area contributed by atoms with Gasteiger partial charge >= 0.3 is 0 Å². The summed E-state index contributed by atoms with van der Waals surface area (Å²) in [6, 6.07) is 10.9. The molecule has 2 heterocycles. The quantitative estimate of drug-likeness (QED) is 0.541. The van der Waals surface area contributed by atoms with Gasteiger partial charge < -0.3 is 20.3 Å². The maximum Gasteiger partial charge on any atom is 0.241 e. The van der Waals surface area contributed by atoms with Gasteiger partial charge in [0.25, 0.3) is 0 Å². The summed E-state index contributed by atoms with van der Waals surface area (Å²) in [7, 11) is 0. The topological polar surface area (TPSA) is 69.2 Å². The van der Waals surface area contributed by atoms with Crippen molar-refractivity contribution in [2.24, 2.45) is 4.99 Å². The minimum absolute atomic E-state index is 0.0316. The number of carbonyl (C=O) groups is 1. The number of amides is 1. The van der Waals surface area contributed by atoms with E-state index in [1.54, 1.807) is 0 Å². The number of morpholine rings is 1. The highest BCUT2D eigenvalue weighted by Gasteiger charge is 2.41. The summed E-state index contributed by atoms with van der Waals surface area (Å²) in [5.41, 5.74) is 1.33. The number of rotatable bonds is 7. The van der Waals surface area contributed by atoms with Crippen LogP contribution in [0.25, 0.3) is 0 Å². The molecule has 0 aromatic heterocycles. The fraction of sp³-hybridized carbons (Fsp3) is 0.619. The first kappa shape index (κ1) is 20.6. The summed E-state index contributed by atoms with van der Waals surface area (Å²) in [6.45, 7) is 10.0. The second-order valence-electron chi connectivity index (χ2n) is 7.36. The van der Waals surface area contributed by atoms with E-state index < -0.39 is 0 Å². The van der Waals surface area contributed by atoms with Crippen molar-refractivity contribution in [3.8, 4) is 0 Å². The molecule has 3 rings (SSSR count). The maximum absolute atomic E-state index is 11.9. The number of nitrogens with one attached hydrogen (secondary N) is 2. The molecule has 1 aromatic carbocycles. The van der Waals surface area contributed by atoms with Crippen LogP contribution in [-0.2, 0) is 16.1 Å². The van der Waals surface area contributed by atoms with Crippen molar-refractivity contribution < 1.29 is 9.53 Å². The largest absolute Gasteiger partial charge is 0.373 e. The normalized spacial score (nSPS) is 22.8. The zero-order valence-corrected chi connectivity index (χ0v) is 17.1. The molecule has 154 valence electrons. The van der Waals surface area contributed by atoms with Crippen molar-refractivity contribution in [1.29, 1.82) is 0 Å². The smallest absolute Gasteiger partial charge is 0.241 e. The van der Waals surface area contributed by atoms with Crippen LogP contribution in [-0.4, -0.2) is 79.7 Å². The van der Waals surface area contributed by atoms with E-state index >= 15 is 0 Å². The first-order chi connectivity index (χ1) is 13.7. The van der Waals surface area contributed by atoms with Crippen LogP contribution < -0.4 is 10.6 Å². The first-order valence-corrected chi connectivity index (χ1v) is 10.4. The van der Waals surface area contributed by atoms with Crippen LogP contribution >= 0.6 is 0 Å². The molecule has 1 amide bonds. The maximum atomic E-state index is 11.9. The number of nitrogens with zero attached hydrogens (tertiary/aromatic N) is 3. The van der Waals surface area contributed by atoms with Crippen LogP contribution in [0.1, 0.15) is 25.8 Å². The molecule has 2 aliphatic heterocycles. The Hall–Kier alpha value is -2.12. The highest BCUT2D eigenvalue weighted by atomic mass is 16.5. The third-order valence-corrected chi connectivity index (χ3v) is 5.22. The van der Waals surface area contributed by atoms with Crippen molar-refractivity contribution in [2.45, 2.75) is 39.0 Å². The molecular formula is C21H33N5O2. The lowest BCUT2D eigenvalue weighted by atomic mass is 10.1.